The Morgan fingerprint density at radius 3 is 2.61 bits per heavy atom. The third-order valence-electron chi connectivity index (χ3n) is 5.34. The standard InChI is InChI=1S/C24H29FN2O6/c1-24(2,23(30)31)26-22(29)20-5-3-4-6-21(20)32-15-17(28)13-27-12-11-19(14-27)33-18-9-7-16(25)8-10-18/h3-10,17,19,28H,11-15H2,1-2H3,(H,26,29)(H,30,31). The highest BCUT2D eigenvalue weighted by atomic mass is 19.1. The fourth-order valence-corrected chi connectivity index (χ4v) is 3.49. The van der Waals surface area contributed by atoms with Gasteiger partial charge >= 0.3 is 5.97 Å². The summed E-state index contributed by atoms with van der Waals surface area (Å²) in [6.45, 7) is 4.48. The van der Waals surface area contributed by atoms with Gasteiger partial charge in [0, 0.05) is 19.6 Å². The quantitative estimate of drug-likeness (QED) is 0.499. The van der Waals surface area contributed by atoms with Crippen LogP contribution in [0.5, 0.6) is 11.5 Å². The molecule has 2 aromatic rings. The van der Waals surface area contributed by atoms with Gasteiger partial charge in [-0.25, -0.2) is 9.18 Å². The predicted octanol–water partition coefficient (Wildman–Crippen LogP) is 2.31. The molecule has 9 heteroatoms. The number of carboxylic acids is 1. The van der Waals surface area contributed by atoms with Crippen LogP contribution in [0.3, 0.4) is 0 Å². The Bertz CT molecular complexity index is 966. The highest BCUT2D eigenvalue weighted by Crippen LogP contribution is 2.21. The predicted molar refractivity (Wildman–Crippen MR) is 119 cm³/mol. The van der Waals surface area contributed by atoms with Gasteiger partial charge in [-0.3, -0.25) is 9.69 Å². The summed E-state index contributed by atoms with van der Waals surface area (Å²) >= 11 is 0. The fraction of sp³-hybridized carbons (Fsp3) is 0.417. The summed E-state index contributed by atoms with van der Waals surface area (Å²) in [5.74, 6) is -1.18. The molecule has 178 valence electrons. The Balaban J connectivity index is 1.49. The number of para-hydroxylation sites is 1. The number of amides is 1. The van der Waals surface area contributed by atoms with E-state index in [0.717, 1.165) is 13.0 Å². The topological polar surface area (TPSA) is 108 Å². The molecular formula is C24H29FN2O6. The lowest BCUT2D eigenvalue weighted by Crippen LogP contribution is -2.49. The van der Waals surface area contributed by atoms with Crippen LogP contribution in [0.15, 0.2) is 48.5 Å². The number of halogens is 1. The number of β-amino-alcohol motifs (C(OH)–C–C–N with tert-alkyl or cyclic N) is 1. The van der Waals surface area contributed by atoms with E-state index in [4.69, 9.17) is 9.47 Å². The molecule has 3 rings (SSSR count). The second kappa shape index (κ2) is 10.6. The first-order valence-corrected chi connectivity index (χ1v) is 10.7. The van der Waals surface area contributed by atoms with Gasteiger partial charge in [-0.1, -0.05) is 12.1 Å². The van der Waals surface area contributed by atoms with Gasteiger partial charge in [0.15, 0.2) is 0 Å². The molecule has 1 saturated heterocycles. The number of aliphatic hydroxyl groups is 1. The van der Waals surface area contributed by atoms with E-state index >= 15 is 0 Å². The summed E-state index contributed by atoms with van der Waals surface area (Å²) in [7, 11) is 0. The van der Waals surface area contributed by atoms with Crippen molar-refractivity contribution in [2.45, 2.75) is 38.0 Å². The summed E-state index contributed by atoms with van der Waals surface area (Å²) in [6, 6.07) is 12.4. The summed E-state index contributed by atoms with van der Waals surface area (Å²) in [4.78, 5) is 25.9. The van der Waals surface area contributed by atoms with Crippen LogP contribution in [-0.2, 0) is 4.79 Å². The molecule has 1 fully saturated rings. The lowest BCUT2D eigenvalue weighted by molar-refractivity contribution is -0.143. The van der Waals surface area contributed by atoms with Crippen molar-refractivity contribution in [3.8, 4) is 11.5 Å². The van der Waals surface area contributed by atoms with Crippen molar-refractivity contribution in [1.82, 2.24) is 10.2 Å². The van der Waals surface area contributed by atoms with E-state index in [1.54, 1.807) is 30.3 Å². The molecule has 0 aliphatic carbocycles. The molecule has 0 radical (unpaired) electrons. The van der Waals surface area contributed by atoms with Gasteiger partial charge in [-0.15, -0.1) is 0 Å². The minimum atomic E-state index is -1.44. The van der Waals surface area contributed by atoms with E-state index in [2.05, 4.69) is 10.2 Å². The molecule has 2 atom stereocenters. The molecule has 8 nitrogen and oxygen atoms in total. The number of ether oxygens (including phenoxy) is 2. The number of aliphatic hydroxyl groups excluding tert-OH is 1. The Morgan fingerprint density at radius 1 is 1.21 bits per heavy atom. The van der Waals surface area contributed by atoms with E-state index in [0.29, 0.717) is 18.8 Å². The molecule has 33 heavy (non-hydrogen) atoms. The van der Waals surface area contributed by atoms with Gasteiger partial charge in [0.25, 0.3) is 5.91 Å². The van der Waals surface area contributed by atoms with Crippen LogP contribution < -0.4 is 14.8 Å². The number of hydrogen-bond donors (Lipinski definition) is 3. The summed E-state index contributed by atoms with van der Waals surface area (Å²) in [5.41, 5.74) is -1.25. The molecule has 0 bridgehead atoms. The van der Waals surface area contributed by atoms with E-state index in [-0.39, 0.29) is 29.8 Å². The second-order valence-corrected chi connectivity index (χ2v) is 8.59. The monoisotopic (exact) mass is 460 g/mol. The molecule has 1 amide bonds. The molecule has 1 heterocycles. The van der Waals surface area contributed by atoms with Crippen molar-refractivity contribution < 1.29 is 33.7 Å². The summed E-state index contributed by atoms with van der Waals surface area (Å²) < 4.78 is 24.6. The van der Waals surface area contributed by atoms with Crippen LogP contribution in [0.1, 0.15) is 30.6 Å². The summed E-state index contributed by atoms with van der Waals surface area (Å²) in [5, 5.41) is 22.1. The number of hydrogen-bond acceptors (Lipinski definition) is 6. The maximum atomic E-state index is 13.0. The average molecular weight is 461 g/mol. The SMILES string of the molecule is CC(C)(NC(=O)c1ccccc1OCC(O)CN1CCC(Oc2ccc(F)cc2)C1)C(=O)O. The smallest absolute Gasteiger partial charge is 0.328 e. The molecule has 1 aliphatic rings. The number of carboxylic acid groups (broad SMARTS) is 1. The highest BCUT2D eigenvalue weighted by Gasteiger charge is 2.30. The van der Waals surface area contributed by atoms with Crippen LogP contribution in [0.4, 0.5) is 4.39 Å². The zero-order chi connectivity index (χ0) is 24.0. The number of aliphatic carboxylic acids is 1. The molecule has 0 aromatic heterocycles. The fourth-order valence-electron chi connectivity index (χ4n) is 3.49. The lowest BCUT2D eigenvalue weighted by atomic mass is 10.0. The molecular weight excluding hydrogens is 431 g/mol. The first kappa shape index (κ1) is 24.5. The zero-order valence-electron chi connectivity index (χ0n) is 18.7. The van der Waals surface area contributed by atoms with Crippen molar-refractivity contribution in [2.75, 3.05) is 26.2 Å². The maximum absolute atomic E-state index is 13.0. The van der Waals surface area contributed by atoms with Gasteiger partial charge in [0.2, 0.25) is 0 Å². The van der Waals surface area contributed by atoms with Crippen molar-refractivity contribution in [3.05, 3.63) is 59.9 Å². The molecule has 0 saturated carbocycles. The number of nitrogens with zero attached hydrogens (tertiary/aromatic N) is 1. The molecule has 2 unspecified atom stereocenters. The third-order valence-corrected chi connectivity index (χ3v) is 5.34. The first-order valence-electron chi connectivity index (χ1n) is 10.7. The second-order valence-electron chi connectivity index (χ2n) is 8.59. The number of carbonyl (C=O) groups is 2. The normalized spacial score (nSPS) is 17.4. The van der Waals surface area contributed by atoms with Gasteiger partial charge < -0.3 is 25.0 Å². The average Bonchev–Trinajstić information content (AvgIpc) is 3.20. The van der Waals surface area contributed by atoms with Gasteiger partial charge in [-0.2, -0.15) is 0 Å². The minimum absolute atomic E-state index is 0.0351. The Morgan fingerprint density at radius 2 is 1.91 bits per heavy atom. The molecule has 0 spiro atoms. The number of benzene rings is 2. The van der Waals surface area contributed by atoms with Crippen molar-refractivity contribution >= 4 is 11.9 Å². The molecule has 3 N–H and O–H groups in total. The number of rotatable bonds is 10. The van der Waals surface area contributed by atoms with E-state index in [1.165, 1.54) is 32.0 Å². The lowest BCUT2D eigenvalue weighted by Gasteiger charge is -2.23. The largest absolute Gasteiger partial charge is 0.490 e. The molecule has 2 aromatic carbocycles. The van der Waals surface area contributed by atoms with Crippen LogP contribution in [0.25, 0.3) is 0 Å². The van der Waals surface area contributed by atoms with E-state index < -0.39 is 23.5 Å². The Kier molecular flexibility index (Phi) is 7.88. The van der Waals surface area contributed by atoms with Crippen LogP contribution in [0, 0.1) is 5.82 Å². The van der Waals surface area contributed by atoms with Gasteiger partial charge in [0.05, 0.1) is 5.56 Å². The van der Waals surface area contributed by atoms with Crippen LogP contribution in [-0.4, -0.2) is 71.0 Å². The number of carbonyl (C=O) groups excluding carboxylic acids is 1. The maximum Gasteiger partial charge on any atom is 0.328 e. The Labute approximate surface area is 191 Å². The number of likely N-dealkylation sites (tertiary alicyclic amines) is 1. The van der Waals surface area contributed by atoms with Crippen molar-refractivity contribution in [1.29, 1.82) is 0 Å². The summed E-state index contributed by atoms with van der Waals surface area (Å²) in [6.07, 6.45) is -0.0698. The van der Waals surface area contributed by atoms with E-state index in [9.17, 15) is 24.2 Å². The highest BCUT2D eigenvalue weighted by molar-refractivity contribution is 5.99. The van der Waals surface area contributed by atoms with E-state index in [1.807, 2.05) is 0 Å². The Hall–Kier alpha value is -3.17. The first-order chi connectivity index (χ1) is 15.6. The minimum Gasteiger partial charge on any atom is -0.490 e. The van der Waals surface area contributed by atoms with Gasteiger partial charge in [-0.05, 0) is 56.7 Å². The number of nitrogens with one attached hydrogen (secondary N) is 1. The van der Waals surface area contributed by atoms with Crippen molar-refractivity contribution in [3.63, 3.8) is 0 Å². The zero-order valence-corrected chi connectivity index (χ0v) is 18.7. The van der Waals surface area contributed by atoms with Crippen LogP contribution in [0.2, 0.25) is 0 Å². The van der Waals surface area contributed by atoms with Gasteiger partial charge in [0.1, 0.15) is 41.7 Å². The molecule has 1 aliphatic heterocycles. The third kappa shape index (κ3) is 6.90. The van der Waals surface area contributed by atoms with Crippen LogP contribution >= 0.6 is 0 Å². The van der Waals surface area contributed by atoms with Crippen molar-refractivity contribution in [2.24, 2.45) is 0 Å².